The number of ether oxygens (including phenoxy) is 1. The molecule has 2 unspecified atom stereocenters. The molecule has 0 aliphatic carbocycles. The van der Waals surface area contributed by atoms with Gasteiger partial charge in [0.1, 0.15) is 0 Å². The van der Waals surface area contributed by atoms with Gasteiger partial charge in [0.25, 0.3) is 5.91 Å². The summed E-state index contributed by atoms with van der Waals surface area (Å²) in [4.78, 5) is 15.8. The monoisotopic (exact) mass is 353 g/mol. The van der Waals surface area contributed by atoms with Gasteiger partial charge < -0.3 is 15.4 Å². The van der Waals surface area contributed by atoms with Crippen molar-refractivity contribution in [3.05, 3.63) is 23.9 Å². The molecule has 1 aromatic rings. The fourth-order valence-corrected chi connectivity index (χ4v) is 2.24. The first-order valence-corrected chi connectivity index (χ1v) is 7.02. The first kappa shape index (κ1) is 19.5. The average molecular weight is 354 g/mol. The van der Waals surface area contributed by atoms with Crippen LogP contribution in [0.4, 0.5) is 13.2 Å². The number of hydrogen-bond donors (Lipinski definition) is 2. The Morgan fingerprint density at radius 1 is 1.48 bits per heavy atom. The molecule has 2 atom stereocenters. The second-order valence-corrected chi connectivity index (χ2v) is 5.34. The summed E-state index contributed by atoms with van der Waals surface area (Å²) < 4.78 is 40.6. The first-order chi connectivity index (χ1) is 10.3. The van der Waals surface area contributed by atoms with Gasteiger partial charge >= 0.3 is 6.18 Å². The van der Waals surface area contributed by atoms with E-state index < -0.39 is 12.8 Å². The van der Waals surface area contributed by atoms with Crippen LogP contribution in [0.1, 0.15) is 23.7 Å². The molecule has 2 N–H and O–H groups in total. The molecule has 1 amide bonds. The summed E-state index contributed by atoms with van der Waals surface area (Å²) in [6.07, 6.45) is -2.36. The van der Waals surface area contributed by atoms with Crippen molar-refractivity contribution in [2.45, 2.75) is 25.6 Å². The molecule has 0 saturated carbocycles. The van der Waals surface area contributed by atoms with Crippen molar-refractivity contribution in [1.82, 2.24) is 15.6 Å². The smallest absolute Gasteiger partial charge is 0.422 e. The maximum atomic E-state index is 12.1. The predicted octanol–water partition coefficient (Wildman–Crippen LogP) is 2.17. The van der Waals surface area contributed by atoms with Crippen molar-refractivity contribution in [2.75, 3.05) is 19.7 Å². The highest BCUT2D eigenvalue weighted by atomic mass is 35.5. The van der Waals surface area contributed by atoms with Gasteiger partial charge in [0.15, 0.2) is 6.61 Å². The molecular weight excluding hydrogens is 335 g/mol. The van der Waals surface area contributed by atoms with Crippen LogP contribution >= 0.6 is 12.4 Å². The Balaban J connectivity index is 0.00000264. The summed E-state index contributed by atoms with van der Waals surface area (Å²) >= 11 is 0. The van der Waals surface area contributed by atoms with Gasteiger partial charge in [-0.1, -0.05) is 6.92 Å². The number of hydrogen-bond acceptors (Lipinski definition) is 4. The molecule has 1 aliphatic rings. The molecule has 23 heavy (non-hydrogen) atoms. The zero-order valence-electron chi connectivity index (χ0n) is 12.5. The molecule has 0 bridgehead atoms. The van der Waals surface area contributed by atoms with Gasteiger partial charge in [0.2, 0.25) is 5.88 Å². The van der Waals surface area contributed by atoms with Crippen molar-refractivity contribution in [2.24, 2.45) is 5.92 Å². The van der Waals surface area contributed by atoms with E-state index in [1.54, 1.807) is 0 Å². The van der Waals surface area contributed by atoms with Crippen LogP contribution in [0.3, 0.4) is 0 Å². The first-order valence-electron chi connectivity index (χ1n) is 7.02. The van der Waals surface area contributed by atoms with Crippen molar-refractivity contribution < 1.29 is 22.7 Å². The number of nitrogens with one attached hydrogen (secondary N) is 2. The Labute approximate surface area is 138 Å². The fourth-order valence-electron chi connectivity index (χ4n) is 2.24. The van der Waals surface area contributed by atoms with Crippen LogP contribution in [0.5, 0.6) is 5.88 Å². The standard InChI is InChI=1S/C14H18F3N3O2.ClH/c1-9-6-18-5-4-11(9)20-13(21)10-2-3-12(19-7-10)22-8-14(15,16)17;/h2-3,7,9,11,18H,4-6,8H2,1H3,(H,20,21);1H. The molecule has 9 heteroatoms. The summed E-state index contributed by atoms with van der Waals surface area (Å²) in [7, 11) is 0. The largest absolute Gasteiger partial charge is 0.468 e. The van der Waals surface area contributed by atoms with E-state index in [1.807, 2.05) is 6.92 Å². The van der Waals surface area contributed by atoms with E-state index >= 15 is 0 Å². The van der Waals surface area contributed by atoms with E-state index in [0.717, 1.165) is 19.5 Å². The van der Waals surface area contributed by atoms with Crippen LogP contribution < -0.4 is 15.4 Å². The van der Waals surface area contributed by atoms with E-state index in [2.05, 4.69) is 20.4 Å². The number of piperidine rings is 1. The number of carbonyl (C=O) groups excluding carboxylic acids is 1. The molecular formula is C14H19ClF3N3O2. The van der Waals surface area contributed by atoms with Crippen LogP contribution in [0.25, 0.3) is 0 Å². The summed E-state index contributed by atoms with van der Waals surface area (Å²) in [5, 5.41) is 6.16. The van der Waals surface area contributed by atoms with Gasteiger partial charge in [-0.15, -0.1) is 12.4 Å². The Morgan fingerprint density at radius 3 is 2.78 bits per heavy atom. The second kappa shape index (κ2) is 8.35. The number of halogens is 4. The minimum Gasteiger partial charge on any atom is -0.468 e. The molecule has 130 valence electrons. The van der Waals surface area contributed by atoms with Crippen LogP contribution in [-0.2, 0) is 0 Å². The number of carbonyl (C=O) groups is 1. The zero-order chi connectivity index (χ0) is 16.2. The average Bonchev–Trinajstić information content (AvgIpc) is 2.47. The summed E-state index contributed by atoms with van der Waals surface area (Å²) in [6.45, 7) is 2.33. The molecule has 1 fully saturated rings. The summed E-state index contributed by atoms with van der Waals surface area (Å²) in [6, 6.07) is 2.74. The third kappa shape index (κ3) is 6.23. The third-order valence-corrected chi connectivity index (χ3v) is 3.48. The fraction of sp³-hybridized carbons (Fsp3) is 0.571. The molecule has 0 aromatic carbocycles. The lowest BCUT2D eigenvalue weighted by Crippen LogP contribution is -2.48. The van der Waals surface area contributed by atoms with E-state index in [0.29, 0.717) is 11.5 Å². The highest BCUT2D eigenvalue weighted by Crippen LogP contribution is 2.17. The molecule has 1 saturated heterocycles. The lowest BCUT2D eigenvalue weighted by atomic mass is 9.95. The Kier molecular flexibility index (Phi) is 7.08. The lowest BCUT2D eigenvalue weighted by molar-refractivity contribution is -0.154. The van der Waals surface area contributed by atoms with Gasteiger partial charge in [-0.2, -0.15) is 13.2 Å². The molecule has 5 nitrogen and oxygen atoms in total. The minimum absolute atomic E-state index is 0. The Hall–Kier alpha value is -1.54. The van der Waals surface area contributed by atoms with Crippen molar-refractivity contribution in [3.63, 3.8) is 0 Å². The summed E-state index contributed by atoms with van der Waals surface area (Å²) in [5.74, 6) is -0.127. The van der Waals surface area contributed by atoms with Crippen LogP contribution in [-0.4, -0.2) is 42.8 Å². The normalized spacial score (nSPS) is 21.2. The van der Waals surface area contributed by atoms with Gasteiger partial charge in [-0.05, 0) is 31.5 Å². The molecule has 2 rings (SSSR count). The SMILES string of the molecule is CC1CNCCC1NC(=O)c1ccc(OCC(F)(F)F)nc1.Cl. The number of amides is 1. The van der Waals surface area contributed by atoms with Crippen LogP contribution in [0, 0.1) is 5.92 Å². The predicted molar refractivity (Wildman–Crippen MR) is 80.9 cm³/mol. The van der Waals surface area contributed by atoms with Crippen molar-refractivity contribution in [3.8, 4) is 5.88 Å². The number of pyridine rings is 1. The van der Waals surface area contributed by atoms with Gasteiger partial charge in [0, 0.05) is 18.3 Å². The summed E-state index contributed by atoms with van der Waals surface area (Å²) in [5.41, 5.74) is 0.296. The third-order valence-electron chi connectivity index (χ3n) is 3.48. The second-order valence-electron chi connectivity index (χ2n) is 5.34. The topological polar surface area (TPSA) is 63.2 Å². The quantitative estimate of drug-likeness (QED) is 0.871. The molecule has 1 aliphatic heterocycles. The van der Waals surface area contributed by atoms with Crippen molar-refractivity contribution in [1.29, 1.82) is 0 Å². The van der Waals surface area contributed by atoms with Gasteiger partial charge in [0.05, 0.1) is 5.56 Å². The van der Waals surface area contributed by atoms with E-state index in [9.17, 15) is 18.0 Å². The van der Waals surface area contributed by atoms with E-state index in [-0.39, 0.29) is 30.2 Å². The Bertz CT molecular complexity index is 511. The van der Waals surface area contributed by atoms with Gasteiger partial charge in [-0.3, -0.25) is 4.79 Å². The number of alkyl halides is 3. The highest BCUT2D eigenvalue weighted by Gasteiger charge is 2.28. The maximum Gasteiger partial charge on any atom is 0.422 e. The maximum absolute atomic E-state index is 12.1. The molecule has 0 radical (unpaired) electrons. The van der Waals surface area contributed by atoms with Gasteiger partial charge in [-0.25, -0.2) is 4.98 Å². The highest BCUT2D eigenvalue weighted by molar-refractivity contribution is 5.94. The van der Waals surface area contributed by atoms with E-state index in [1.165, 1.54) is 18.3 Å². The molecule has 0 spiro atoms. The van der Waals surface area contributed by atoms with Crippen LogP contribution in [0.15, 0.2) is 18.3 Å². The van der Waals surface area contributed by atoms with Crippen molar-refractivity contribution >= 4 is 18.3 Å². The number of rotatable bonds is 4. The number of nitrogens with zero attached hydrogens (tertiary/aromatic N) is 1. The minimum atomic E-state index is -4.41. The zero-order valence-corrected chi connectivity index (χ0v) is 13.3. The van der Waals surface area contributed by atoms with E-state index in [4.69, 9.17) is 0 Å². The molecule has 1 aromatic heterocycles. The lowest BCUT2D eigenvalue weighted by Gasteiger charge is -2.30. The van der Waals surface area contributed by atoms with Crippen LogP contribution in [0.2, 0.25) is 0 Å². The molecule has 2 heterocycles. The Morgan fingerprint density at radius 2 is 2.22 bits per heavy atom. The number of aromatic nitrogens is 1.